The van der Waals surface area contributed by atoms with Crippen LogP contribution in [0, 0.1) is 6.92 Å². The average Bonchev–Trinajstić information content (AvgIpc) is 2.98. The Morgan fingerprint density at radius 2 is 1.96 bits per heavy atom. The standard InChI is InChI=1S/C18H23N3O3.HI/c1-4-19-18(20-11-14-8-6-5-7-9-14)21-12-15-10-16(13(2)24-15)17(22)23-3;/h5-10H,4,11-12H2,1-3H3,(H2,19,20,21);1H. The number of methoxy groups -OCH3 is 1. The quantitative estimate of drug-likeness (QED) is 0.302. The van der Waals surface area contributed by atoms with E-state index in [-0.39, 0.29) is 24.0 Å². The van der Waals surface area contributed by atoms with E-state index in [1.165, 1.54) is 7.11 Å². The van der Waals surface area contributed by atoms with Crippen LogP contribution >= 0.6 is 24.0 Å². The lowest BCUT2D eigenvalue weighted by Gasteiger charge is -2.10. The molecule has 0 spiro atoms. The first kappa shape index (κ1) is 21.0. The summed E-state index contributed by atoms with van der Waals surface area (Å²) >= 11 is 0. The molecule has 25 heavy (non-hydrogen) atoms. The van der Waals surface area contributed by atoms with Crippen LogP contribution in [0.25, 0.3) is 0 Å². The van der Waals surface area contributed by atoms with Gasteiger partial charge < -0.3 is 19.8 Å². The summed E-state index contributed by atoms with van der Waals surface area (Å²) in [5.74, 6) is 1.49. The molecule has 2 aromatic rings. The van der Waals surface area contributed by atoms with E-state index < -0.39 is 5.97 Å². The van der Waals surface area contributed by atoms with Crippen molar-refractivity contribution in [2.45, 2.75) is 26.9 Å². The van der Waals surface area contributed by atoms with E-state index in [0.29, 0.717) is 36.1 Å². The van der Waals surface area contributed by atoms with Gasteiger partial charge in [0.1, 0.15) is 17.1 Å². The van der Waals surface area contributed by atoms with Crippen LogP contribution in [0.15, 0.2) is 45.8 Å². The number of aliphatic imine (C=N–C) groups is 1. The Hall–Kier alpha value is -2.03. The first-order valence-electron chi connectivity index (χ1n) is 7.87. The maximum absolute atomic E-state index is 11.6. The van der Waals surface area contributed by atoms with E-state index in [0.717, 1.165) is 12.1 Å². The molecule has 0 unspecified atom stereocenters. The summed E-state index contributed by atoms with van der Waals surface area (Å²) in [6, 6.07) is 11.7. The predicted octanol–water partition coefficient (Wildman–Crippen LogP) is 3.25. The number of halogens is 1. The van der Waals surface area contributed by atoms with Gasteiger partial charge in [0.25, 0.3) is 0 Å². The van der Waals surface area contributed by atoms with Crippen molar-refractivity contribution in [3.63, 3.8) is 0 Å². The summed E-state index contributed by atoms with van der Waals surface area (Å²) in [6.07, 6.45) is 0. The van der Waals surface area contributed by atoms with Crippen LogP contribution in [-0.4, -0.2) is 25.6 Å². The minimum Gasteiger partial charge on any atom is -0.465 e. The highest BCUT2D eigenvalue weighted by atomic mass is 127. The number of esters is 1. The van der Waals surface area contributed by atoms with Gasteiger partial charge in [-0.25, -0.2) is 9.79 Å². The van der Waals surface area contributed by atoms with Crippen molar-refractivity contribution in [2.24, 2.45) is 4.99 Å². The molecule has 0 bridgehead atoms. The summed E-state index contributed by atoms with van der Waals surface area (Å²) in [6.45, 7) is 5.51. The molecule has 0 fully saturated rings. The van der Waals surface area contributed by atoms with Gasteiger partial charge in [-0.15, -0.1) is 24.0 Å². The average molecular weight is 457 g/mol. The fraction of sp³-hybridized carbons (Fsp3) is 0.333. The molecule has 6 nitrogen and oxygen atoms in total. The minimum atomic E-state index is -0.396. The monoisotopic (exact) mass is 457 g/mol. The SMILES string of the molecule is CCNC(=NCc1ccccc1)NCc1cc(C(=O)OC)c(C)o1.I. The molecule has 0 saturated carbocycles. The molecule has 0 aliphatic heterocycles. The Labute approximate surface area is 165 Å². The molecule has 7 heteroatoms. The Morgan fingerprint density at radius 3 is 2.60 bits per heavy atom. The van der Waals surface area contributed by atoms with Crippen molar-refractivity contribution in [1.82, 2.24) is 10.6 Å². The maximum atomic E-state index is 11.6. The summed E-state index contributed by atoms with van der Waals surface area (Å²) in [5, 5.41) is 6.38. The van der Waals surface area contributed by atoms with Gasteiger partial charge in [0, 0.05) is 6.54 Å². The van der Waals surface area contributed by atoms with Crippen LogP contribution in [0.5, 0.6) is 0 Å². The van der Waals surface area contributed by atoms with E-state index in [1.54, 1.807) is 13.0 Å². The fourth-order valence-electron chi connectivity index (χ4n) is 2.21. The summed E-state index contributed by atoms with van der Waals surface area (Å²) in [7, 11) is 1.35. The molecule has 0 saturated heterocycles. The van der Waals surface area contributed by atoms with Crippen molar-refractivity contribution < 1.29 is 13.9 Å². The van der Waals surface area contributed by atoms with Crippen LogP contribution in [0.2, 0.25) is 0 Å². The number of nitrogens with zero attached hydrogens (tertiary/aromatic N) is 1. The van der Waals surface area contributed by atoms with Gasteiger partial charge in [-0.1, -0.05) is 30.3 Å². The molecule has 136 valence electrons. The normalized spacial score (nSPS) is 10.8. The van der Waals surface area contributed by atoms with Crippen LogP contribution in [-0.2, 0) is 17.8 Å². The molecule has 1 aromatic heterocycles. The number of hydrogen-bond acceptors (Lipinski definition) is 4. The number of carbonyl (C=O) groups is 1. The number of rotatable bonds is 6. The number of furan rings is 1. The zero-order valence-corrected chi connectivity index (χ0v) is 17.0. The molecule has 0 aliphatic rings. The number of carbonyl (C=O) groups excluding carboxylic acids is 1. The number of ether oxygens (including phenoxy) is 1. The van der Waals surface area contributed by atoms with E-state index in [1.807, 2.05) is 37.3 Å². The number of aryl methyl sites for hydroxylation is 1. The highest BCUT2D eigenvalue weighted by Crippen LogP contribution is 2.15. The second-order valence-corrected chi connectivity index (χ2v) is 5.21. The number of hydrogen-bond donors (Lipinski definition) is 2. The zero-order chi connectivity index (χ0) is 17.4. The third-order valence-electron chi connectivity index (χ3n) is 3.41. The molecule has 0 aliphatic carbocycles. The summed E-state index contributed by atoms with van der Waals surface area (Å²) < 4.78 is 10.3. The Morgan fingerprint density at radius 1 is 1.24 bits per heavy atom. The molecule has 1 heterocycles. The van der Waals surface area contributed by atoms with Crippen molar-refractivity contribution in [3.05, 3.63) is 59.0 Å². The van der Waals surface area contributed by atoms with Gasteiger partial charge in [0.05, 0.1) is 20.2 Å². The first-order valence-corrected chi connectivity index (χ1v) is 7.87. The van der Waals surface area contributed by atoms with E-state index in [2.05, 4.69) is 15.6 Å². The van der Waals surface area contributed by atoms with Crippen molar-refractivity contribution in [1.29, 1.82) is 0 Å². The summed E-state index contributed by atoms with van der Waals surface area (Å²) in [5.41, 5.74) is 1.58. The highest BCUT2D eigenvalue weighted by Gasteiger charge is 2.15. The van der Waals surface area contributed by atoms with Gasteiger partial charge in [-0.05, 0) is 25.5 Å². The van der Waals surface area contributed by atoms with Crippen molar-refractivity contribution in [3.8, 4) is 0 Å². The lowest BCUT2D eigenvalue weighted by Crippen LogP contribution is -2.36. The molecular weight excluding hydrogens is 433 g/mol. The van der Waals surface area contributed by atoms with Gasteiger partial charge in [-0.2, -0.15) is 0 Å². The van der Waals surface area contributed by atoms with Crippen LogP contribution in [0.4, 0.5) is 0 Å². The molecule has 0 atom stereocenters. The summed E-state index contributed by atoms with van der Waals surface area (Å²) in [4.78, 5) is 16.1. The van der Waals surface area contributed by atoms with Gasteiger partial charge in [0.2, 0.25) is 0 Å². The number of benzene rings is 1. The Kier molecular flexibility index (Phi) is 9.04. The third-order valence-corrected chi connectivity index (χ3v) is 3.41. The van der Waals surface area contributed by atoms with Crippen molar-refractivity contribution >= 4 is 35.9 Å². The fourth-order valence-corrected chi connectivity index (χ4v) is 2.21. The van der Waals surface area contributed by atoms with Gasteiger partial charge in [0.15, 0.2) is 5.96 Å². The van der Waals surface area contributed by atoms with Gasteiger partial charge >= 0.3 is 5.97 Å². The lowest BCUT2D eigenvalue weighted by atomic mass is 10.2. The first-order chi connectivity index (χ1) is 11.6. The van der Waals surface area contributed by atoms with E-state index >= 15 is 0 Å². The predicted molar refractivity (Wildman–Crippen MR) is 108 cm³/mol. The molecule has 0 radical (unpaired) electrons. The van der Waals surface area contributed by atoms with Crippen molar-refractivity contribution in [2.75, 3.05) is 13.7 Å². The smallest absolute Gasteiger partial charge is 0.341 e. The molecular formula is C18H24IN3O3. The maximum Gasteiger partial charge on any atom is 0.341 e. The topological polar surface area (TPSA) is 75.9 Å². The molecule has 2 rings (SSSR count). The number of guanidine groups is 1. The van der Waals surface area contributed by atoms with Gasteiger partial charge in [-0.3, -0.25) is 0 Å². The van der Waals surface area contributed by atoms with E-state index in [9.17, 15) is 4.79 Å². The molecule has 0 amide bonds. The zero-order valence-electron chi connectivity index (χ0n) is 14.7. The van der Waals surface area contributed by atoms with Crippen LogP contribution in [0.1, 0.15) is 34.4 Å². The molecule has 1 aromatic carbocycles. The largest absolute Gasteiger partial charge is 0.465 e. The lowest BCUT2D eigenvalue weighted by molar-refractivity contribution is 0.0599. The minimum absolute atomic E-state index is 0. The second-order valence-electron chi connectivity index (χ2n) is 5.21. The van der Waals surface area contributed by atoms with Crippen LogP contribution < -0.4 is 10.6 Å². The molecule has 2 N–H and O–H groups in total. The Bertz CT molecular complexity index is 699. The third kappa shape index (κ3) is 6.41. The Balaban J connectivity index is 0.00000312. The van der Waals surface area contributed by atoms with Crippen LogP contribution in [0.3, 0.4) is 0 Å². The highest BCUT2D eigenvalue weighted by molar-refractivity contribution is 14.0. The van der Waals surface area contributed by atoms with E-state index in [4.69, 9.17) is 9.15 Å². The second kappa shape index (κ2) is 10.8. The number of nitrogens with one attached hydrogen (secondary N) is 2.